The summed E-state index contributed by atoms with van der Waals surface area (Å²) in [5.41, 5.74) is 2.26. The van der Waals surface area contributed by atoms with Crippen LogP contribution in [0.1, 0.15) is 34.0 Å². The van der Waals surface area contributed by atoms with E-state index < -0.39 is 17.9 Å². The maximum absolute atomic E-state index is 13.4. The molecule has 1 fully saturated rings. The Labute approximate surface area is 166 Å². The topological polar surface area (TPSA) is 119 Å². The number of fused-ring (bicyclic) bond motifs is 1. The van der Waals surface area contributed by atoms with Crippen LogP contribution in [0, 0.1) is 20.8 Å². The first-order valence-electron chi connectivity index (χ1n) is 9.21. The van der Waals surface area contributed by atoms with Gasteiger partial charge in [0.25, 0.3) is 11.6 Å². The lowest BCUT2D eigenvalue weighted by Crippen LogP contribution is -2.40. The van der Waals surface area contributed by atoms with E-state index in [9.17, 15) is 14.7 Å². The van der Waals surface area contributed by atoms with Crippen LogP contribution in [0.3, 0.4) is 0 Å². The number of carboxylic acids is 1. The van der Waals surface area contributed by atoms with Crippen LogP contribution in [0.5, 0.6) is 0 Å². The third kappa shape index (κ3) is 3.17. The Bertz CT molecular complexity index is 1120. The highest BCUT2D eigenvalue weighted by molar-refractivity contribution is 6.08. The molecule has 1 N–H and O–H groups in total. The number of carbonyl (C=O) groups excluding carboxylic acids is 1. The van der Waals surface area contributed by atoms with Gasteiger partial charge < -0.3 is 23.7 Å². The largest absolute Gasteiger partial charge is 0.480 e. The van der Waals surface area contributed by atoms with Crippen LogP contribution in [-0.2, 0) is 9.53 Å². The summed E-state index contributed by atoms with van der Waals surface area (Å²) in [6.45, 7) is 5.55. The second-order valence-corrected chi connectivity index (χ2v) is 7.24. The number of rotatable bonds is 4. The molecule has 4 rings (SSSR count). The molecular formula is C20H21N3O6. The number of ether oxygens (including phenoxy) is 1. The van der Waals surface area contributed by atoms with Gasteiger partial charge >= 0.3 is 5.97 Å². The Hall–Kier alpha value is -3.20. The highest BCUT2D eigenvalue weighted by atomic mass is 16.5. The van der Waals surface area contributed by atoms with E-state index in [0.29, 0.717) is 28.1 Å². The van der Waals surface area contributed by atoms with Crippen molar-refractivity contribution < 1.29 is 28.4 Å². The number of amides is 1. The molecule has 1 amide bonds. The van der Waals surface area contributed by atoms with Gasteiger partial charge in [0.2, 0.25) is 0 Å². The number of nitrogens with zero attached hydrogens (tertiary/aromatic N) is 3. The molecule has 1 saturated heterocycles. The van der Waals surface area contributed by atoms with Gasteiger partial charge in [-0.25, -0.2) is 9.78 Å². The van der Waals surface area contributed by atoms with Crippen molar-refractivity contribution in [2.45, 2.75) is 39.3 Å². The molecular weight excluding hydrogens is 378 g/mol. The van der Waals surface area contributed by atoms with E-state index in [0.717, 1.165) is 11.3 Å². The minimum atomic E-state index is -1.06. The van der Waals surface area contributed by atoms with E-state index in [-0.39, 0.29) is 24.8 Å². The number of carboxylic acid groups (broad SMARTS) is 1. The molecule has 9 heteroatoms. The fourth-order valence-corrected chi connectivity index (χ4v) is 3.87. The third-order valence-electron chi connectivity index (χ3n) is 5.31. The SMILES string of the molecule is COC1CC(C(=O)O)N(C(=O)c2cc(-c3cc(C)oc3C)nc3onc(C)c23)C1. The van der Waals surface area contributed by atoms with E-state index in [4.69, 9.17) is 13.7 Å². The van der Waals surface area contributed by atoms with Crippen LogP contribution in [0.25, 0.3) is 22.4 Å². The van der Waals surface area contributed by atoms with Crippen LogP contribution in [0.4, 0.5) is 0 Å². The second-order valence-electron chi connectivity index (χ2n) is 7.24. The van der Waals surface area contributed by atoms with E-state index >= 15 is 0 Å². The highest BCUT2D eigenvalue weighted by Crippen LogP contribution is 2.32. The quantitative estimate of drug-likeness (QED) is 0.711. The minimum absolute atomic E-state index is 0.194. The first kappa shape index (κ1) is 19.1. The zero-order valence-electron chi connectivity index (χ0n) is 16.6. The van der Waals surface area contributed by atoms with Crippen LogP contribution in [0.2, 0.25) is 0 Å². The summed E-state index contributed by atoms with van der Waals surface area (Å²) in [4.78, 5) is 31.0. The number of hydrogen-bond donors (Lipinski definition) is 1. The van der Waals surface area contributed by atoms with Gasteiger partial charge in [0.15, 0.2) is 0 Å². The first-order chi connectivity index (χ1) is 13.8. The average Bonchev–Trinajstić information content (AvgIpc) is 3.37. The number of furan rings is 1. The lowest BCUT2D eigenvalue weighted by Gasteiger charge is -2.21. The van der Waals surface area contributed by atoms with Gasteiger partial charge in [-0.1, -0.05) is 5.16 Å². The maximum atomic E-state index is 13.4. The summed E-state index contributed by atoms with van der Waals surface area (Å²) < 4.78 is 16.2. The Balaban J connectivity index is 1.86. The van der Waals surface area contributed by atoms with Crippen molar-refractivity contribution in [3.63, 3.8) is 0 Å². The number of aryl methyl sites for hydroxylation is 3. The summed E-state index contributed by atoms with van der Waals surface area (Å²) >= 11 is 0. The molecule has 0 aliphatic carbocycles. The second kappa shape index (κ2) is 7.00. The predicted molar refractivity (Wildman–Crippen MR) is 102 cm³/mol. The highest BCUT2D eigenvalue weighted by Gasteiger charge is 2.41. The molecule has 1 aliphatic rings. The van der Waals surface area contributed by atoms with Gasteiger partial charge in [-0.15, -0.1) is 0 Å². The minimum Gasteiger partial charge on any atom is -0.480 e. The fraction of sp³-hybridized carbons (Fsp3) is 0.400. The molecule has 4 heterocycles. The molecule has 0 saturated carbocycles. The van der Waals surface area contributed by atoms with E-state index in [2.05, 4.69) is 10.1 Å². The van der Waals surface area contributed by atoms with Gasteiger partial charge in [-0.2, -0.15) is 0 Å². The van der Waals surface area contributed by atoms with Crippen molar-refractivity contribution in [3.8, 4) is 11.3 Å². The van der Waals surface area contributed by atoms with Crippen molar-refractivity contribution >= 4 is 23.0 Å². The number of likely N-dealkylation sites (tertiary alicyclic amines) is 1. The maximum Gasteiger partial charge on any atom is 0.326 e. The average molecular weight is 399 g/mol. The lowest BCUT2D eigenvalue weighted by atomic mass is 10.0. The zero-order chi connectivity index (χ0) is 20.9. The summed E-state index contributed by atoms with van der Waals surface area (Å²) in [6, 6.07) is 2.51. The molecule has 0 aromatic carbocycles. The van der Waals surface area contributed by atoms with Gasteiger partial charge in [-0.3, -0.25) is 4.79 Å². The lowest BCUT2D eigenvalue weighted by molar-refractivity contribution is -0.141. The van der Waals surface area contributed by atoms with Crippen molar-refractivity contribution in [2.75, 3.05) is 13.7 Å². The molecule has 152 valence electrons. The molecule has 2 unspecified atom stereocenters. The smallest absolute Gasteiger partial charge is 0.326 e. The Morgan fingerprint density at radius 1 is 1.28 bits per heavy atom. The first-order valence-corrected chi connectivity index (χ1v) is 9.21. The molecule has 29 heavy (non-hydrogen) atoms. The molecule has 0 bridgehead atoms. The predicted octanol–water partition coefficient (Wildman–Crippen LogP) is 2.72. The van der Waals surface area contributed by atoms with Crippen LogP contribution < -0.4 is 0 Å². The number of pyridine rings is 1. The van der Waals surface area contributed by atoms with Crippen molar-refractivity contribution in [1.29, 1.82) is 0 Å². The van der Waals surface area contributed by atoms with Gasteiger partial charge in [0.05, 0.1) is 28.4 Å². The molecule has 0 spiro atoms. The molecule has 2 atom stereocenters. The van der Waals surface area contributed by atoms with Crippen molar-refractivity contribution in [2.24, 2.45) is 0 Å². The third-order valence-corrected chi connectivity index (χ3v) is 5.31. The number of aliphatic carboxylic acids is 1. The number of aromatic nitrogens is 2. The monoisotopic (exact) mass is 399 g/mol. The van der Waals surface area contributed by atoms with Crippen LogP contribution >= 0.6 is 0 Å². The Morgan fingerprint density at radius 2 is 2.03 bits per heavy atom. The molecule has 3 aromatic heterocycles. The number of methoxy groups -OCH3 is 1. The zero-order valence-corrected chi connectivity index (χ0v) is 16.6. The standard InChI is InChI=1S/C20H21N3O6/c1-9-5-13(11(3)28-9)15-7-14(17-10(2)22-29-18(17)21-15)19(24)23-8-12(27-4)6-16(23)20(25)26/h5,7,12,16H,6,8H2,1-4H3,(H,25,26). The van der Waals surface area contributed by atoms with Crippen molar-refractivity contribution in [1.82, 2.24) is 15.0 Å². The Morgan fingerprint density at radius 3 is 2.66 bits per heavy atom. The van der Waals surface area contributed by atoms with Gasteiger partial charge in [-0.05, 0) is 32.9 Å². The molecule has 3 aromatic rings. The molecule has 9 nitrogen and oxygen atoms in total. The van der Waals surface area contributed by atoms with E-state index in [1.54, 1.807) is 13.0 Å². The summed E-state index contributed by atoms with van der Waals surface area (Å²) in [6.07, 6.45) is -0.0967. The van der Waals surface area contributed by atoms with Gasteiger partial charge in [0, 0.05) is 25.6 Å². The molecule has 0 radical (unpaired) electrons. The molecule has 1 aliphatic heterocycles. The van der Waals surface area contributed by atoms with Crippen LogP contribution in [0.15, 0.2) is 21.1 Å². The number of hydrogen-bond acceptors (Lipinski definition) is 7. The summed E-state index contributed by atoms with van der Waals surface area (Å²) in [5.74, 6) is -0.107. The summed E-state index contributed by atoms with van der Waals surface area (Å²) in [7, 11) is 1.51. The normalized spacial score (nSPS) is 19.2. The Kier molecular flexibility index (Phi) is 4.62. The summed E-state index contributed by atoms with van der Waals surface area (Å²) in [5, 5.41) is 14.0. The fourth-order valence-electron chi connectivity index (χ4n) is 3.87. The van der Waals surface area contributed by atoms with E-state index in [1.807, 2.05) is 19.9 Å². The van der Waals surface area contributed by atoms with Crippen LogP contribution in [-0.4, -0.2) is 57.8 Å². The van der Waals surface area contributed by atoms with E-state index in [1.165, 1.54) is 12.0 Å². The number of carbonyl (C=O) groups is 2. The van der Waals surface area contributed by atoms with Gasteiger partial charge in [0.1, 0.15) is 17.6 Å². The van der Waals surface area contributed by atoms with Crippen molar-refractivity contribution in [3.05, 3.63) is 34.9 Å².